The molecule has 3 aromatic rings. The van der Waals surface area contributed by atoms with Crippen LogP contribution in [0.3, 0.4) is 0 Å². The Balaban J connectivity index is 1.65. The van der Waals surface area contributed by atoms with Crippen LogP contribution >= 0.6 is 23.2 Å². The zero-order valence-corrected chi connectivity index (χ0v) is 22.7. The van der Waals surface area contributed by atoms with Gasteiger partial charge < -0.3 is 10.2 Å². The van der Waals surface area contributed by atoms with Crippen LogP contribution in [0.15, 0.2) is 78.9 Å². The molecule has 37 heavy (non-hydrogen) atoms. The molecular formula is C31H34Cl2N2O2. The monoisotopic (exact) mass is 536 g/mol. The van der Waals surface area contributed by atoms with E-state index in [9.17, 15) is 9.59 Å². The summed E-state index contributed by atoms with van der Waals surface area (Å²) in [6, 6.07) is 25.0. The number of benzene rings is 3. The molecule has 0 bridgehead atoms. The maximum absolute atomic E-state index is 14.1. The predicted molar refractivity (Wildman–Crippen MR) is 151 cm³/mol. The van der Waals surface area contributed by atoms with Gasteiger partial charge in [-0.25, -0.2) is 0 Å². The van der Waals surface area contributed by atoms with Gasteiger partial charge in [-0.15, -0.1) is 0 Å². The summed E-state index contributed by atoms with van der Waals surface area (Å²) in [5.41, 5.74) is 2.90. The minimum Gasteiger partial charge on any atom is -0.352 e. The molecule has 4 rings (SSSR count). The van der Waals surface area contributed by atoms with Crippen LogP contribution in [0.1, 0.15) is 68.1 Å². The summed E-state index contributed by atoms with van der Waals surface area (Å²) in [7, 11) is 0. The van der Waals surface area contributed by atoms with E-state index in [1.807, 2.05) is 49.4 Å². The summed E-state index contributed by atoms with van der Waals surface area (Å²) in [4.78, 5) is 29.3. The number of hydrogen-bond acceptors (Lipinski definition) is 2. The van der Waals surface area contributed by atoms with E-state index in [-0.39, 0.29) is 36.7 Å². The van der Waals surface area contributed by atoms with Crippen molar-refractivity contribution in [2.45, 2.75) is 70.0 Å². The molecule has 3 aromatic carbocycles. The third-order valence-electron chi connectivity index (χ3n) is 7.23. The smallest absolute Gasteiger partial charge is 0.243 e. The quantitative estimate of drug-likeness (QED) is 0.293. The summed E-state index contributed by atoms with van der Waals surface area (Å²) in [6.45, 7) is 2.19. The standard InChI is InChI=1S/C31H34Cl2N2O2/c1-2-29(31(37)34-26-15-9-10-16-26)35(21-24-17-18-25(32)19-28(24)33)30(36)20-27(22-11-5-3-6-12-22)23-13-7-4-8-14-23/h3-8,11-14,17-19,26-27,29H,2,9-10,15-16,20-21H2,1H3,(H,34,37). The van der Waals surface area contributed by atoms with Gasteiger partial charge in [-0.1, -0.05) is 110 Å². The number of rotatable bonds is 10. The Morgan fingerprint density at radius 1 is 0.919 bits per heavy atom. The molecule has 0 heterocycles. The largest absolute Gasteiger partial charge is 0.352 e. The first-order valence-electron chi connectivity index (χ1n) is 13.1. The highest BCUT2D eigenvalue weighted by molar-refractivity contribution is 6.35. The Kier molecular flexibility index (Phi) is 9.65. The number of carbonyl (C=O) groups is 2. The fourth-order valence-corrected chi connectivity index (χ4v) is 5.68. The van der Waals surface area contributed by atoms with Crippen molar-refractivity contribution in [1.29, 1.82) is 0 Å². The normalized spacial score (nSPS) is 14.5. The molecule has 0 spiro atoms. The molecule has 1 N–H and O–H groups in total. The molecule has 0 radical (unpaired) electrons. The van der Waals surface area contributed by atoms with Crippen LogP contribution in [0.2, 0.25) is 10.0 Å². The van der Waals surface area contributed by atoms with Crippen LogP contribution in [0.5, 0.6) is 0 Å². The number of carbonyl (C=O) groups excluding carboxylic acids is 2. The van der Waals surface area contributed by atoms with Gasteiger partial charge in [0.1, 0.15) is 6.04 Å². The van der Waals surface area contributed by atoms with Crippen molar-refractivity contribution in [3.8, 4) is 0 Å². The van der Waals surface area contributed by atoms with E-state index >= 15 is 0 Å². The number of hydrogen-bond donors (Lipinski definition) is 1. The van der Waals surface area contributed by atoms with Crippen molar-refractivity contribution in [1.82, 2.24) is 10.2 Å². The molecule has 1 unspecified atom stereocenters. The van der Waals surface area contributed by atoms with Gasteiger partial charge in [-0.05, 0) is 48.1 Å². The van der Waals surface area contributed by atoms with Gasteiger partial charge in [0.2, 0.25) is 11.8 Å². The number of amides is 2. The minimum atomic E-state index is -0.591. The van der Waals surface area contributed by atoms with Crippen LogP contribution in [0.4, 0.5) is 0 Å². The van der Waals surface area contributed by atoms with E-state index in [1.54, 1.807) is 17.0 Å². The van der Waals surface area contributed by atoms with Gasteiger partial charge in [0.05, 0.1) is 0 Å². The van der Waals surface area contributed by atoms with Crippen molar-refractivity contribution < 1.29 is 9.59 Å². The second-order valence-corrected chi connectivity index (χ2v) is 10.6. The van der Waals surface area contributed by atoms with Crippen molar-refractivity contribution in [3.05, 3.63) is 106 Å². The predicted octanol–water partition coefficient (Wildman–Crippen LogP) is 7.38. The molecule has 194 valence electrons. The van der Waals surface area contributed by atoms with Crippen LogP contribution < -0.4 is 5.32 Å². The highest BCUT2D eigenvalue weighted by Crippen LogP contribution is 2.31. The van der Waals surface area contributed by atoms with Gasteiger partial charge in [-0.2, -0.15) is 0 Å². The van der Waals surface area contributed by atoms with Gasteiger partial charge in [0.15, 0.2) is 0 Å². The van der Waals surface area contributed by atoms with E-state index < -0.39 is 6.04 Å². The van der Waals surface area contributed by atoms with Crippen LogP contribution in [0.25, 0.3) is 0 Å². The van der Waals surface area contributed by atoms with Crippen LogP contribution in [0, 0.1) is 0 Å². The van der Waals surface area contributed by atoms with E-state index in [0.717, 1.165) is 42.4 Å². The lowest BCUT2D eigenvalue weighted by atomic mass is 9.88. The van der Waals surface area contributed by atoms with E-state index in [1.165, 1.54) is 0 Å². The molecule has 1 saturated carbocycles. The van der Waals surface area contributed by atoms with Gasteiger partial charge in [0.25, 0.3) is 0 Å². The first-order valence-corrected chi connectivity index (χ1v) is 13.9. The third-order valence-corrected chi connectivity index (χ3v) is 7.81. The van der Waals surface area contributed by atoms with E-state index in [4.69, 9.17) is 23.2 Å². The second kappa shape index (κ2) is 13.1. The molecule has 0 aliphatic heterocycles. The minimum absolute atomic E-state index is 0.0860. The lowest BCUT2D eigenvalue weighted by molar-refractivity contribution is -0.141. The van der Waals surface area contributed by atoms with Gasteiger partial charge in [0, 0.05) is 35.0 Å². The molecule has 2 amide bonds. The van der Waals surface area contributed by atoms with E-state index in [0.29, 0.717) is 16.5 Å². The van der Waals surface area contributed by atoms with Crippen LogP contribution in [-0.2, 0) is 16.1 Å². The third kappa shape index (κ3) is 7.15. The Labute approximate surface area is 230 Å². The first kappa shape index (κ1) is 27.2. The summed E-state index contributed by atoms with van der Waals surface area (Å²) >= 11 is 12.6. The molecule has 0 aromatic heterocycles. The first-order chi connectivity index (χ1) is 18.0. The topological polar surface area (TPSA) is 49.4 Å². The van der Waals surface area contributed by atoms with Crippen LogP contribution in [-0.4, -0.2) is 28.8 Å². The summed E-state index contributed by atoms with van der Waals surface area (Å²) < 4.78 is 0. The molecule has 6 heteroatoms. The lowest BCUT2D eigenvalue weighted by Crippen LogP contribution is -2.51. The zero-order chi connectivity index (χ0) is 26.2. The van der Waals surface area contributed by atoms with Crippen molar-refractivity contribution in [3.63, 3.8) is 0 Å². The highest BCUT2D eigenvalue weighted by Gasteiger charge is 2.32. The Morgan fingerprint density at radius 2 is 1.51 bits per heavy atom. The zero-order valence-electron chi connectivity index (χ0n) is 21.2. The van der Waals surface area contributed by atoms with Crippen molar-refractivity contribution in [2.24, 2.45) is 0 Å². The highest BCUT2D eigenvalue weighted by atomic mass is 35.5. The summed E-state index contributed by atoms with van der Waals surface area (Å²) in [6.07, 6.45) is 4.98. The maximum Gasteiger partial charge on any atom is 0.243 e. The molecule has 1 aliphatic rings. The fourth-order valence-electron chi connectivity index (χ4n) is 5.21. The number of halogens is 2. The number of nitrogens with one attached hydrogen (secondary N) is 1. The summed E-state index contributed by atoms with van der Waals surface area (Å²) in [5.74, 6) is -0.311. The average Bonchev–Trinajstić information content (AvgIpc) is 3.42. The molecule has 1 atom stereocenters. The second-order valence-electron chi connectivity index (χ2n) is 9.75. The molecule has 1 aliphatic carbocycles. The average molecular weight is 538 g/mol. The van der Waals surface area contributed by atoms with Crippen molar-refractivity contribution >= 4 is 35.0 Å². The van der Waals surface area contributed by atoms with Crippen molar-refractivity contribution in [2.75, 3.05) is 0 Å². The van der Waals surface area contributed by atoms with E-state index in [2.05, 4.69) is 29.6 Å². The Morgan fingerprint density at radius 3 is 2.05 bits per heavy atom. The Bertz CT molecular complexity index is 1140. The maximum atomic E-state index is 14.1. The molecule has 1 fully saturated rings. The van der Waals surface area contributed by atoms with Gasteiger partial charge >= 0.3 is 0 Å². The van der Waals surface area contributed by atoms with Gasteiger partial charge in [-0.3, -0.25) is 9.59 Å². The lowest BCUT2D eigenvalue weighted by Gasteiger charge is -2.33. The molecule has 4 nitrogen and oxygen atoms in total. The Hall–Kier alpha value is -2.82. The summed E-state index contributed by atoms with van der Waals surface area (Å²) in [5, 5.41) is 4.22. The number of nitrogens with zero attached hydrogens (tertiary/aromatic N) is 1. The fraction of sp³-hybridized carbons (Fsp3) is 0.355. The molecule has 0 saturated heterocycles. The molecular weight excluding hydrogens is 503 g/mol. The SMILES string of the molecule is CCC(C(=O)NC1CCCC1)N(Cc1ccc(Cl)cc1Cl)C(=O)CC(c1ccccc1)c1ccccc1.